The summed E-state index contributed by atoms with van der Waals surface area (Å²) in [5, 5.41) is 2.44. The van der Waals surface area contributed by atoms with Crippen LogP contribution in [0, 0.1) is 6.92 Å². The van der Waals surface area contributed by atoms with Gasteiger partial charge >= 0.3 is 6.18 Å². The van der Waals surface area contributed by atoms with Gasteiger partial charge in [0, 0.05) is 12.4 Å². The van der Waals surface area contributed by atoms with E-state index in [9.17, 15) is 13.2 Å². The van der Waals surface area contributed by atoms with E-state index in [1.807, 2.05) is 0 Å². The number of hydrogen-bond acceptors (Lipinski definition) is 3. The number of nitrogens with one attached hydrogen (secondary N) is 1. The van der Waals surface area contributed by atoms with Gasteiger partial charge in [0.15, 0.2) is 0 Å². The van der Waals surface area contributed by atoms with Crippen molar-refractivity contribution < 1.29 is 13.2 Å². The second-order valence-electron chi connectivity index (χ2n) is 3.70. The van der Waals surface area contributed by atoms with E-state index in [0.717, 1.165) is 0 Å². The Bertz CT molecular complexity index is 371. The number of aromatic nitrogens is 2. The summed E-state index contributed by atoms with van der Waals surface area (Å²) in [5.74, 6) is 0.215. The first-order chi connectivity index (χ1) is 6.95. The minimum absolute atomic E-state index is 0.104. The molecule has 0 spiro atoms. The smallest absolute Gasteiger partial charge is 0.355 e. The lowest BCUT2D eigenvalue weighted by Crippen LogP contribution is -2.39. The lowest BCUT2D eigenvalue weighted by Gasteiger charge is -2.21. The number of nitrogens with zero attached hydrogens (tertiary/aromatic N) is 2. The normalized spacial score (nSPS) is 18.7. The first kappa shape index (κ1) is 10.2. The minimum atomic E-state index is -4.23. The molecule has 15 heavy (non-hydrogen) atoms. The Kier molecular flexibility index (Phi) is 2.09. The zero-order valence-electron chi connectivity index (χ0n) is 8.10. The van der Waals surface area contributed by atoms with Crippen molar-refractivity contribution in [2.45, 2.75) is 31.5 Å². The summed E-state index contributed by atoms with van der Waals surface area (Å²) in [6.07, 6.45) is -1.19. The Morgan fingerprint density at radius 2 is 1.87 bits per heavy atom. The number of alkyl halides is 3. The molecule has 3 nitrogen and oxygen atoms in total. The molecule has 0 bridgehead atoms. The molecule has 0 aromatic carbocycles. The zero-order valence-corrected chi connectivity index (χ0v) is 8.10. The van der Waals surface area contributed by atoms with Gasteiger partial charge in [-0.25, -0.2) is 4.98 Å². The van der Waals surface area contributed by atoms with E-state index in [2.05, 4.69) is 15.3 Å². The molecule has 1 fully saturated rings. The third kappa shape index (κ3) is 1.75. The molecule has 1 aliphatic carbocycles. The summed E-state index contributed by atoms with van der Waals surface area (Å²) in [7, 11) is 0. The predicted octanol–water partition coefficient (Wildman–Crippen LogP) is 2.29. The van der Waals surface area contributed by atoms with Crippen LogP contribution >= 0.6 is 0 Å². The molecule has 1 aromatic rings. The van der Waals surface area contributed by atoms with Crippen molar-refractivity contribution in [2.24, 2.45) is 0 Å². The summed E-state index contributed by atoms with van der Waals surface area (Å²) in [4.78, 5) is 7.72. The average molecular weight is 217 g/mol. The van der Waals surface area contributed by atoms with E-state index in [0.29, 0.717) is 5.69 Å². The second kappa shape index (κ2) is 3.08. The summed E-state index contributed by atoms with van der Waals surface area (Å²) in [5.41, 5.74) is -1.29. The quantitative estimate of drug-likeness (QED) is 0.825. The zero-order chi connectivity index (χ0) is 11.1. The lowest BCUT2D eigenvalue weighted by molar-refractivity contribution is -0.151. The van der Waals surface area contributed by atoms with Crippen molar-refractivity contribution >= 4 is 5.82 Å². The number of anilines is 1. The maximum Gasteiger partial charge on any atom is 0.411 e. The van der Waals surface area contributed by atoms with Gasteiger partial charge < -0.3 is 5.32 Å². The van der Waals surface area contributed by atoms with Gasteiger partial charge in [0.25, 0.3) is 0 Å². The fraction of sp³-hybridized carbons (Fsp3) is 0.556. The van der Waals surface area contributed by atoms with E-state index in [1.54, 1.807) is 6.92 Å². The van der Waals surface area contributed by atoms with Gasteiger partial charge in [0.1, 0.15) is 11.4 Å². The van der Waals surface area contributed by atoms with Crippen LogP contribution in [0.3, 0.4) is 0 Å². The Morgan fingerprint density at radius 1 is 1.27 bits per heavy atom. The van der Waals surface area contributed by atoms with Gasteiger partial charge in [0.05, 0.1) is 5.69 Å². The van der Waals surface area contributed by atoms with Crippen LogP contribution in [0.15, 0.2) is 12.4 Å². The molecule has 1 saturated carbocycles. The molecule has 0 saturated heterocycles. The van der Waals surface area contributed by atoms with Crippen LogP contribution in [0.2, 0.25) is 0 Å². The van der Waals surface area contributed by atoms with Crippen LogP contribution in [0.4, 0.5) is 19.0 Å². The molecule has 1 N–H and O–H groups in total. The van der Waals surface area contributed by atoms with E-state index in [-0.39, 0.29) is 18.7 Å². The van der Waals surface area contributed by atoms with Gasteiger partial charge in [0.2, 0.25) is 0 Å². The first-order valence-electron chi connectivity index (χ1n) is 4.57. The van der Waals surface area contributed by atoms with Crippen molar-refractivity contribution in [3.05, 3.63) is 18.1 Å². The van der Waals surface area contributed by atoms with Crippen LogP contribution in [-0.2, 0) is 0 Å². The molecule has 1 aliphatic rings. The number of rotatable bonds is 2. The Hall–Kier alpha value is -1.33. The van der Waals surface area contributed by atoms with Crippen molar-refractivity contribution in [3.8, 4) is 0 Å². The molecule has 0 aliphatic heterocycles. The van der Waals surface area contributed by atoms with Crippen molar-refractivity contribution in [1.29, 1.82) is 0 Å². The topological polar surface area (TPSA) is 37.8 Å². The predicted molar refractivity (Wildman–Crippen MR) is 48.4 cm³/mol. The fourth-order valence-electron chi connectivity index (χ4n) is 1.36. The maximum absolute atomic E-state index is 12.6. The molecule has 6 heteroatoms. The number of hydrogen-bond donors (Lipinski definition) is 1. The average Bonchev–Trinajstić information content (AvgIpc) is 2.89. The third-order valence-electron chi connectivity index (χ3n) is 2.53. The molecule has 2 rings (SSSR count). The third-order valence-corrected chi connectivity index (χ3v) is 2.53. The summed E-state index contributed by atoms with van der Waals surface area (Å²) in [6, 6.07) is 0. The second-order valence-corrected chi connectivity index (χ2v) is 3.70. The molecule has 0 unspecified atom stereocenters. The van der Waals surface area contributed by atoms with Gasteiger partial charge in [-0.3, -0.25) is 4.98 Å². The number of aryl methyl sites for hydroxylation is 1. The summed E-state index contributed by atoms with van der Waals surface area (Å²) >= 11 is 0. The van der Waals surface area contributed by atoms with Gasteiger partial charge in [-0.05, 0) is 19.8 Å². The molecular formula is C9H10F3N3. The Labute approximate surface area is 84.7 Å². The van der Waals surface area contributed by atoms with Crippen molar-refractivity contribution in [2.75, 3.05) is 5.32 Å². The summed E-state index contributed by atoms with van der Waals surface area (Å²) < 4.78 is 37.8. The van der Waals surface area contributed by atoms with Gasteiger partial charge in [-0.15, -0.1) is 0 Å². The maximum atomic E-state index is 12.6. The lowest BCUT2D eigenvalue weighted by atomic mass is 10.2. The van der Waals surface area contributed by atoms with Gasteiger partial charge in [-0.1, -0.05) is 0 Å². The fourth-order valence-corrected chi connectivity index (χ4v) is 1.36. The molecule has 0 amide bonds. The molecule has 1 aromatic heterocycles. The molecular weight excluding hydrogens is 207 g/mol. The Morgan fingerprint density at radius 3 is 2.33 bits per heavy atom. The largest absolute Gasteiger partial charge is 0.411 e. The van der Waals surface area contributed by atoms with E-state index >= 15 is 0 Å². The molecule has 0 atom stereocenters. The van der Waals surface area contributed by atoms with Crippen LogP contribution in [0.25, 0.3) is 0 Å². The van der Waals surface area contributed by atoms with Crippen molar-refractivity contribution in [3.63, 3.8) is 0 Å². The molecule has 0 radical (unpaired) electrons. The van der Waals surface area contributed by atoms with E-state index in [4.69, 9.17) is 0 Å². The van der Waals surface area contributed by atoms with E-state index in [1.165, 1.54) is 12.4 Å². The highest BCUT2D eigenvalue weighted by molar-refractivity contribution is 5.44. The van der Waals surface area contributed by atoms with Crippen LogP contribution in [0.5, 0.6) is 0 Å². The molecule has 1 heterocycles. The van der Waals surface area contributed by atoms with Crippen LogP contribution < -0.4 is 5.32 Å². The highest BCUT2D eigenvalue weighted by Gasteiger charge is 2.63. The summed E-state index contributed by atoms with van der Waals surface area (Å²) in [6.45, 7) is 1.63. The SMILES string of the molecule is Cc1nccnc1NC1(C(F)(F)F)CC1. The van der Waals surface area contributed by atoms with Crippen LogP contribution in [-0.4, -0.2) is 21.7 Å². The standard InChI is InChI=1S/C9H10F3N3/c1-6-7(14-5-4-13-6)15-8(2-3-8)9(10,11)12/h4-5H,2-3H2,1H3,(H,14,15). The van der Waals surface area contributed by atoms with Gasteiger partial charge in [-0.2, -0.15) is 13.2 Å². The highest BCUT2D eigenvalue weighted by atomic mass is 19.4. The number of halogens is 3. The highest BCUT2D eigenvalue weighted by Crippen LogP contribution is 2.51. The minimum Gasteiger partial charge on any atom is -0.355 e. The first-order valence-corrected chi connectivity index (χ1v) is 4.57. The van der Waals surface area contributed by atoms with Crippen molar-refractivity contribution in [1.82, 2.24) is 9.97 Å². The molecule has 82 valence electrons. The Balaban J connectivity index is 2.20. The van der Waals surface area contributed by atoms with E-state index < -0.39 is 11.7 Å². The monoisotopic (exact) mass is 217 g/mol. The van der Waals surface area contributed by atoms with Crippen LogP contribution in [0.1, 0.15) is 18.5 Å².